The average Bonchev–Trinajstić information content (AvgIpc) is 3.30. The Morgan fingerprint density at radius 2 is 1.91 bits per heavy atom. The van der Waals surface area contributed by atoms with Crippen LogP contribution in [0.5, 0.6) is 11.5 Å². The van der Waals surface area contributed by atoms with Gasteiger partial charge in [-0.25, -0.2) is 8.78 Å². The van der Waals surface area contributed by atoms with Gasteiger partial charge in [-0.05, 0) is 43.3 Å². The van der Waals surface area contributed by atoms with E-state index >= 15 is 0 Å². The summed E-state index contributed by atoms with van der Waals surface area (Å²) in [5.41, 5.74) is 0.805. The minimum Gasteiger partial charge on any atom is -0.494 e. The molecular formula is C24H25F2N3O4. The second-order valence-corrected chi connectivity index (χ2v) is 7.74. The topological polar surface area (TPSA) is 77.7 Å². The van der Waals surface area contributed by atoms with Crippen molar-refractivity contribution in [3.05, 3.63) is 60.0 Å². The maximum atomic E-state index is 13.8. The summed E-state index contributed by atoms with van der Waals surface area (Å²) >= 11 is 0. The Morgan fingerprint density at radius 1 is 1.15 bits per heavy atom. The Bertz CT molecular complexity index is 1080. The van der Waals surface area contributed by atoms with E-state index in [4.69, 9.17) is 14.0 Å². The summed E-state index contributed by atoms with van der Waals surface area (Å²) in [7, 11) is 0. The number of likely N-dealkylation sites (tertiary alicyclic amines) is 1. The van der Waals surface area contributed by atoms with E-state index < -0.39 is 11.6 Å². The van der Waals surface area contributed by atoms with Crippen LogP contribution in [0, 0.1) is 11.6 Å². The van der Waals surface area contributed by atoms with E-state index in [0.29, 0.717) is 50.7 Å². The molecule has 2 heterocycles. The summed E-state index contributed by atoms with van der Waals surface area (Å²) in [6, 6.07) is 10.6. The van der Waals surface area contributed by atoms with Gasteiger partial charge in [0.25, 0.3) is 0 Å². The minimum atomic E-state index is -0.724. The van der Waals surface area contributed by atoms with Crippen LogP contribution in [0.1, 0.15) is 32.1 Å². The smallest absolute Gasteiger partial charge is 0.227 e. The molecule has 0 unspecified atom stereocenters. The minimum absolute atomic E-state index is 0.0118. The van der Waals surface area contributed by atoms with E-state index in [9.17, 15) is 13.6 Å². The quantitative estimate of drug-likeness (QED) is 0.499. The van der Waals surface area contributed by atoms with Crippen molar-refractivity contribution in [3.8, 4) is 22.9 Å². The van der Waals surface area contributed by atoms with Gasteiger partial charge in [-0.1, -0.05) is 5.16 Å². The molecule has 1 fully saturated rings. The van der Waals surface area contributed by atoms with Crippen molar-refractivity contribution in [2.45, 2.75) is 38.7 Å². The third kappa shape index (κ3) is 5.85. The van der Waals surface area contributed by atoms with Crippen LogP contribution in [0.4, 0.5) is 8.78 Å². The fourth-order valence-electron chi connectivity index (χ4n) is 3.69. The molecule has 33 heavy (non-hydrogen) atoms. The maximum Gasteiger partial charge on any atom is 0.227 e. The number of piperidine rings is 1. The van der Waals surface area contributed by atoms with Crippen molar-refractivity contribution in [3.63, 3.8) is 0 Å². The lowest BCUT2D eigenvalue weighted by molar-refractivity contribution is -0.133. The zero-order valence-corrected chi connectivity index (χ0v) is 18.3. The van der Waals surface area contributed by atoms with Crippen LogP contribution in [0.3, 0.4) is 0 Å². The largest absolute Gasteiger partial charge is 0.494 e. The van der Waals surface area contributed by atoms with Crippen molar-refractivity contribution in [2.24, 2.45) is 0 Å². The van der Waals surface area contributed by atoms with E-state index in [0.717, 1.165) is 23.4 Å². The third-order valence-corrected chi connectivity index (χ3v) is 5.43. The number of aryl methyl sites for hydroxylation is 1. The molecule has 1 saturated heterocycles. The van der Waals surface area contributed by atoms with Gasteiger partial charge >= 0.3 is 0 Å². The Labute approximate surface area is 190 Å². The van der Waals surface area contributed by atoms with E-state index in [1.807, 2.05) is 31.2 Å². The number of rotatable bonds is 8. The molecule has 2 aromatic carbocycles. The highest BCUT2D eigenvalue weighted by atomic mass is 19.1. The number of hydrogen-bond donors (Lipinski definition) is 0. The normalized spacial score (nSPS) is 14.3. The van der Waals surface area contributed by atoms with Gasteiger partial charge in [0.1, 0.15) is 17.7 Å². The van der Waals surface area contributed by atoms with Crippen LogP contribution in [-0.2, 0) is 11.2 Å². The molecule has 0 atom stereocenters. The average molecular weight is 457 g/mol. The number of halogens is 2. The first-order valence-corrected chi connectivity index (χ1v) is 11.0. The van der Waals surface area contributed by atoms with Gasteiger partial charge in [0.15, 0.2) is 11.6 Å². The van der Waals surface area contributed by atoms with Crippen molar-refractivity contribution < 1.29 is 27.6 Å². The fraction of sp³-hybridized carbons (Fsp3) is 0.375. The molecule has 174 valence electrons. The Kier molecular flexibility index (Phi) is 7.16. The standard InChI is InChI=1S/C24H25F2N3O4/c1-2-31-18-6-3-16(4-7-18)24-27-22(33-28-24)9-10-23(30)29-13-11-19(12-14-29)32-21-8-5-17(25)15-20(21)26/h3-8,15,19H,2,9-14H2,1H3. The second kappa shape index (κ2) is 10.4. The molecule has 0 spiro atoms. The van der Waals surface area contributed by atoms with Crippen LogP contribution < -0.4 is 9.47 Å². The predicted molar refractivity (Wildman–Crippen MR) is 116 cm³/mol. The monoisotopic (exact) mass is 457 g/mol. The summed E-state index contributed by atoms with van der Waals surface area (Å²) in [6.45, 7) is 3.53. The molecule has 9 heteroatoms. The molecule has 0 bridgehead atoms. The lowest BCUT2D eigenvalue weighted by atomic mass is 10.1. The first kappa shape index (κ1) is 22.7. The molecule has 1 amide bonds. The van der Waals surface area contributed by atoms with E-state index in [-0.39, 0.29) is 24.2 Å². The van der Waals surface area contributed by atoms with Gasteiger partial charge in [-0.15, -0.1) is 0 Å². The first-order valence-electron chi connectivity index (χ1n) is 11.0. The highest BCUT2D eigenvalue weighted by Gasteiger charge is 2.25. The van der Waals surface area contributed by atoms with Crippen LogP contribution >= 0.6 is 0 Å². The van der Waals surface area contributed by atoms with Crippen LogP contribution in [-0.4, -0.2) is 46.7 Å². The molecule has 1 aliphatic rings. The molecular weight excluding hydrogens is 432 g/mol. The van der Waals surface area contributed by atoms with Gasteiger partial charge in [-0.3, -0.25) is 4.79 Å². The number of ether oxygens (including phenoxy) is 2. The van der Waals surface area contributed by atoms with Gasteiger partial charge < -0.3 is 18.9 Å². The number of benzene rings is 2. The zero-order valence-electron chi connectivity index (χ0n) is 18.3. The molecule has 0 saturated carbocycles. The summed E-state index contributed by atoms with van der Waals surface area (Å²) in [6.07, 6.45) is 1.53. The summed E-state index contributed by atoms with van der Waals surface area (Å²) in [4.78, 5) is 18.7. The van der Waals surface area contributed by atoms with Gasteiger partial charge in [-0.2, -0.15) is 4.98 Å². The van der Waals surface area contributed by atoms with E-state index in [1.54, 1.807) is 4.90 Å². The number of amides is 1. The van der Waals surface area contributed by atoms with Crippen molar-refractivity contribution >= 4 is 5.91 Å². The van der Waals surface area contributed by atoms with Crippen molar-refractivity contribution in [1.29, 1.82) is 0 Å². The van der Waals surface area contributed by atoms with Crippen LogP contribution in [0.15, 0.2) is 47.0 Å². The Balaban J connectivity index is 1.23. The lowest BCUT2D eigenvalue weighted by Crippen LogP contribution is -2.41. The molecule has 4 rings (SSSR count). The molecule has 1 aliphatic heterocycles. The Morgan fingerprint density at radius 3 is 2.61 bits per heavy atom. The van der Waals surface area contributed by atoms with Gasteiger partial charge in [0.05, 0.1) is 6.61 Å². The fourth-order valence-corrected chi connectivity index (χ4v) is 3.69. The summed E-state index contributed by atoms with van der Waals surface area (Å²) in [5.74, 6) is 0.283. The summed E-state index contributed by atoms with van der Waals surface area (Å²) in [5, 5.41) is 3.99. The van der Waals surface area contributed by atoms with Crippen molar-refractivity contribution in [2.75, 3.05) is 19.7 Å². The molecule has 7 nitrogen and oxygen atoms in total. The van der Waals surface area contributed by atoms with E-state index in [1.165, 1.54) is 6.07 Å². The van der Waals surface area contributed by atoms with E-state index in [2.05, 4.69) is 10.1 Å². The highest BCUT2D eigenvalue weighted by Crippen LogP contribution is 2.24. The molecule has 3 aromatic rings. The lowest BCUT2D eigenvalue weighted by Gasteiger charge is -2.32. The number of carbonyl (C=O) groups excluding carboxylic acids is 1. The zero-order chi connectivity index (χ0) is 23.2. The van der Waals surface area contributed by atoms with Crippen molar-refractivity contribution in [1.82, 2.24) is 15.0 Å². The van der Waals surface area contributed by atoms with Gasteiger partial charge in [0.2, 0.25) is 17.6 Å². The molecule has 0 aliphatic carbocycles. The van der Waals surface area contributed by atoms with Crippen LogP contribution in [0.2, 0.25) is 0 Å². The third-order valence-electron chi connectivity index (χ3n) is 5.43. The van der Waals surface area contributed by atoms with Crippen LogP contribution in [0.25, 0.3) is 11.4 Å². The van der Waals surface area contributed by atoms with Gasteiger partial charge in [0, 0.05) is 50.4 Å². The first-order chi connectivity index (χ1) is 16.0. The predicted octanol–water partition coefficient (Wildman–Crippen LogP) is 4.42. The number of aromatic nitrogens is 2. The number of nitrogens with zero attached hydrogens (tertiary/aromatic N) is 3. The Hall–Kier alpha value is -3.49. The summed E-state index contributed by atoms with van der Waals surface area (Å²) < 4.78 is 43.2. The molecule has 0 N–H and O–H groups in total. The maximum absolute atomic E-state index is 13.8. The second-order valence-electron chi connectivity index (χ2n) is 7.74. The molecule has 1 aromatic heterocycles. The molecule has 0 radical (unpaired) electrons. The highest BCUT2D eigenvalue weighted by molar-refractivity contribution is 5.76. The number of carbonyl (C=O) groups is 1. The number of hydrogen-bond acceptors (Lipinski definition) is 6. The SMILES string of the molecule is CCOc1ccc(-c2noc(CCC(=O)N3CCC(Oc4ccc(F)cc4F)CC3)n2)cc1.